The number of hydrogen-bond acceptors (Lipinski definition) is 3. The van der Waals surface area contributed by atoms with E-state index in [0.717, 1.165) is 38.4 Å². The predicted molar refractivity (Wildman–Crippen MR) is 75.3 cm³/mol. The molecule has 1 atom stereocenters. The lowest BCUT2D eigenvalue weighted by Gasteiger charge is -2.35. The molecular weight excluding hydrogens is 226 g/mol. The molecule has 1 aliphatic heterocycles. The third kappa shape index (κ3) is 4.25. The van der Waals surface area contributed by atoms with Gasteiger partial charge in [0, 0.05) is 38.1 Å². The maximum atomic E-state index is 12.0. The van der Waals surface area contributed by atoms with Crippen LogP contribution in [0.1, 0.15) is 33.6 Å². The molecule has 0 aromatic rings. The van der Waals surface area contributed by atoms with Gasteiger partial charge in [0.15, 0.2) is 0 Å². The highest BCUT2D eigenvalue weighted by atomic mass is 16.2. The summed E-state index contributed by atoms with van der Waals surface area (Å²) in [7, 11) is 2.18. The maximum Gasteiger partial charge on any atom is 0.226 e. The molecule has 2 N–H and O–H groups in total. The Kier molecular flexibility index (Phi) is 6.09. The number of hydrogen-bond donors (Lipinski definition) is 1. The highest BCUT2D eigenvalue weighted by Crippen LogP contribution is 2.20. The van der Waals surface area contributed by atoms with E-state index in [4.69, 9.17) is 5.73 Å². The van der Waals surface area contributed by atoms with Crippen molar-refractivity contribution in [2.45, 2.75) is 39.7 Å². The van der Waals surface area contributed by atoms with Crippen molar-refractivity contribution in [3.63, 3.8) is 0 Å². The fraction of sp³-hybridized carbons (Fsp3) is 0.929. The normalized spacial score (nSPS) is 19.6. The second kappa shape index (κ2) is 7.10. The Morgan fingerprint density at radius 2 is 1.89 bits per heavy atom. The molecule has 1 aliphatic rings. The van der Waals surface area contributed by atoms with Crippen molar-refractivity contribution >= 4 is 5.91 Å². The van der Waals surface area contributed by atoms with E-state index in [2.05, 4.69) is 25.8 Å². The molecule has 4 nitrogen and oxygen atoms in total. The Bertz CT molecular complexity index is 260. The van der Waals surface area contributed by atoms with Crippen LogP contribution in [0.5, 0.6) is 0 Å². The summed E-state index contributed by atoms with van der Waals surface area (Å²) >= 11 is 0. The largest absolute Gasteiger partial charge is 0.342 e. The zero-order chi connectivity index (χ0) is 13.7. The first-order chi connectivity index (χ1) is 8.45. The van der Waals surface area contributed by atoms with E-state index in [1.165, 1.54) is 0 Å². The summed E-state index contributed by atoms with van der Waals surface area (Å²) in [4.78, 5) is 16.4. The molecular formula is C14H29N3O. The fourth-order valence-corrected chi connectivity index (χ4v) is 2.37. The van der Waals surface area contributed by atoms with Crippen molar-refractivity contribution in [3.05, 3.63) is 0 Å². The van der Waals surface area contributed by atoms with Gasteiger partial charge in [-0.2, -0.15) is 0 Å². The lowest BCUT2D eigenvalue weighted by molar-refractivity contribution is -0.136. The lowest BCUT2D eigenvalue weighted by Crippen LogP contribution is -2.44. The minimum absolute atomic E-state index is 0.0279. The summed E-state index contributed by atoms with van der Waals surface area (Å²) in [6, 6.07) is 0.599. The zero-order valence-electron chi connectivity index (χ0n) is 12.4. The van der Waals surface area contributed by atoms with Crippen LogP contribution in [-0.2, 0) is 4.79 Å². The molecule has 106 valence electrons. The number of likely N-dealkylation sites (tertiary alicyclic amines) is 1. The van der Waals surface area contributed by atoms with Gasteiger partial charge in [-0.1, -0.05) is 6.92 Å². The van der Waals surface area contributed by atoms with Crippen LogP contribution >= 0.6 is 0 Å². The van der Waals surface area contributed by atoms with Gasteiger partial charge in [0.1, 0.15) is 0 Å². The summed E-state index contributed by atoms with van der Waals surface area (Å²) in [5, 5.41) is 0. The average Bonchev–Trinajstić information content (AvgIpc) is 2.37. The molecule has 0 aliphatic carbocycles. The Hall–Kier alpha value is -0.610. The molecule has 0 radical (unpaired) electrons. The van der Waals surface area contributed by atoms with Crippen molar-refractivity contribution in [1.29, 1.82) is 0 Å². The van der Waals surface area contributed by atoms with E-state index < -0.39 is 0 Å². The Morgan fingerprint density at radius 3 is 2.33 bits per heavy atom. The molecule has 0 bridgehead atoms. The Morgan fingerprint density at radius 1 is 1.33 bits per heavy atom. The highest BCUT2D eigenvalue weighted by Gasteiger charge is 2.26. The predicted octanol–water partition coefficient (Wildman–Crippen LogP) is 1.16. The maximum absolute atomic E-state index is 12.0. The molecule has 4 heteroatoms. The van der Waals surface area contributed by atoms with E-state index in [1.54, 1.807) is 0 Å². The SMILES string of the molecule is CC(CN)C(=O)N1CCC(CN(C)C(C)C)CC1. The molecule has 1 unspecified atom stereocenters. The topological polar surface area (TPSA) is 49.6 Å². The second-order valence-corrected chi connectivity index (χ2v) is 5.94. The first-order valence-corrected chi connectivity index (χ1v) is 7.14. The smallest absolute Gasteiger partial charge is 0.226 e. The molecule has 1 saturated heterocycles. The number of carbonyl (C=O) groups is 1. The molecule has 1 fully saturated rings. The van der Waals surface area contributed by atoms with Crippen molar-refractivity contribution in [2.24, 2.45) is 17.6 Å². The number of carbonyl (C=O) groups excluding carboxylic acids is 1. The van der Waals surface area contributed by atoms with Crippen LogP contribution in [0.3, 0.4) is 0 Å². The lowest BCUT2D eigenvalue weighted by atomic mass is 9.95. The fourth-order valence-electron chi connectivity index (χ4n) is 2.37. The summed E-state index contributed by atoms with van der Waals surface area (Å²) in [6.07, 6.45) is 2.25. The molecule has 1 heterocycles. The molecule has 1 rings (SSSR count). The van der Waals surface area contributed by atoms with Crippen LogP contribution in [0.15, 0.2) is 0 Å². The molecule has 0 aromatic carbocycles. The van der Waals surface area contributed by atoms with Gasteiger partial charge in [0.2, 0.25) is 5.91 Å². The van der Waals surface area contributed by atoms with E-state index in [1.807, 2.05) is 11.8 Å². The van der Waals surface area contributed by atoms with Crippen molar-refractivity contribution in [3.8, 4) is 0 Å². The number of rotatable bonds is 5. The van der Waals surface area contributed by atoms with Gasteiger partial charge in [0.05, 0.1) is 0 Å². The molecule has 0 saturated carbocycles. The third-order valence-corrected chi connectivity index (χ3v) is 4.13. The monoisotopic (exact) mass is 255 g/mol. The first-order valence-electron chi connectivity index (χ1n) is 7.14. The third-order valence-electron chi connectivity index (χ3n) is 4.13. The Balaban J connectivity index is 2.35. The van der Waals surface area contributed by atoms with Gasteiger partial charge >= 0.3 is 0 Å². The minimum Gasteiger partial charge on any atom is -0.342 e. The van der Waals surface area contributed by atoms with Crippen molar-refractivity contribution < 1.29 is 4.79 Å². The van der Waals surface area contributed by atoms with E-state index in [0.29, 0.717) is 12.6 Å². The molecule has 0 aromatic heterocycles. The number of nitrogens with two attached hydrogens (primary N) is 1. The van der Waals surface area contributed by atoms with E-state index in [9.17, 15) is 4.79 Å². The van der Waals surface area contributed by atoms with Gasteiger partial charge in [-0.15, -0.1) is 0 Å². The second-order valence-electron chi connectivity index (χ2n) is 5.94. The van der Waals surface area contributed by atoms with Crippen LogP contribution in [0.4, 0.5) is 0 Å². The summed E-state index contributed by atoms with van der Waals surface area (Å²) in [5.74, 6) is 0.933. The summed E-state index contributed by atoms with van der Waals surface area (Å²) in [6.45, 7) is 9.77. The quantitative estimate of drug-likeness (QED) is 0.802. The summed E-state index contributed by atoms with van der Waals surface area (Å²) in [5.41, 5.74) is 5.55. The standard InChI is InChI=1S/C14H29N3O/c1-11(2)16(4)10-13-5-7-17(8-6-13)14(18)12(3)9-15/h11-13H,5-10,15H2,1-4H3. The van der Waals surface area contributed by atoms with Crippen LogP contribution in [0.2, 0.25) is 0 Å². The number of nitrogens with zero attached hydrogens (tertiary/aromatic N) is 2. The van der Waals surface area contributed by atoms with Gasteiger partial charge in [-0.05, 0) is 39.7 Å². The van der Waals surface area contributed by atoms with Crippen LogP contribution < -0.4 is 5.73 Å². The Labute approximate surface area is 111 Å². The van der Waals surface area contributed by atoms with Gasteiger partial charge < -0.3 is 15.5 Å². The molecule has 0 spiro atoms. The van der Waals surface area contributed by atoms with Crippen LogP contribution in [-0.4, -0.2) is 55.0 Å². The van der Waals surface area contributed by atoms with Gasteiger partial charge in [-0.25, -0.2) is 0 Å². The van der Waals surface area contributed by atoms with Gasteiger partial charge in [-0.3, -0.25) is 4.79 Å². The van der Waals surface area contributed by atoms with E-state index >= 15 is 0 Å². The van der Waals surface area contributed by atoms with Gasteiger partial charge in [0.25, 0.3) is 0 Å². The average molecular weight is 255 g/mol. The number of amides is 1. The van der Waals surface area contributed by atoms with E-state index in [-0.39, 0.29) is 11.8 Å². The highest BCUT2D eigenvalue weighted by molar-refractivity contribution is 5.78. The van der Waals surface area contributed by atoms with Crippen molar-refractivity contribution in [2.75, 3.05) is 33.2 Å². The minimum atomic E-state index is -0.0279. The van der Waals surface area contributed by atoms with Crippen molar-refractivity contribution in [1.82, 2.24) is 9.80 Å². The summed E-state index contributed by atoms with van der Waals surface area (Å²) < 4.78 is 0. The molecule has 1 amide bonds. The first kappa shape index (κ1) is 15.4. The zero-order valence-corrected chi connectivity index (χ0v) is 12.4. The molecule has 18 heavy (non-hydrogen) atoms. The van der Waals surface area contributed by atoms with Crippen LogP contribution in [0.25, 0.3) is 0 Å². The number of piperidine rings is 1. The van der Waals surface area contributed by atoms with Crippen LogP contribution in [0, 0.1) is 11.8 Å².